The van der Waals surface area contributed by atoms with E-state index in [0.29, 0.717) is 6.42 Å². The molecule has 1 fully saturated rings. The fraction of sp³-hybridized carbons (Fsp3) is 0.600. The molecule has 416 valence electrons. The molecule has 0 aromatic carbocycles. The van der Waals surface area contributed by atoms with E-state index in [1.165, 1.54) is 13.8 Å². The van der Waals surface area contributed by atoms with E-state index in [-0.39, 0.29) is 53.8 Å². The van der Waals surface area contributed by atoms with E-state index < -0.39 is 90.7 Å². The average molecular weight is 1120 g/mol. The number of hydrogen-bond donors (Lipinski definition) is 10. The molecule has 2 unspecified atom stereocenters. The number of carbonyl (C=O) groups excluding carboxylic acids is 3. The van der Waals surface area contributed by atoms with Crippen molar-refractivity contribution in [3.05, 3.63) is 73.4 Å². The summed E-state index contributed by atoms with van der Waals surface area (Å²) in [6, 6.07) is 0. The first-order chi connectivity index (χ1) is 34.9. The van der Waals surface area contributed by atoms with Gasteiger partial charge in [0.1, 0.15) is 36.3 Å². The van der Waals surface area contributed by atoms with Gasteiger partial charge in [-0.2, -0.15) is 4.31 Å². The molecular formula is C45H72N7O18P3S. The Morgan fingerprint density at radius 1 is 0.865 bits per heavy atom. The number of nitrogens with zero attached hydrogens (tertiary/aromatic N) is 4. The summed E-state index contributed by atoms with van der Waals surface area (Å²) >= 11 is 0.982. The number of hydrogen-bond acceptors (Lipinski definition) is 19. The van der Waals surface area contributed by atoms with Gasteiger partial charge < -0.3 is 56.0 Å². The molecule has 25 nitrogen and oxygen atoms in total. The van der Waals surface area contributed by atoms with Gasteiger partial charge in [-0.15, -0.1) is 0 Å². The van der Waals surface area contributed by atoms with E-state index in [1.54, 1.807) is 0 Å². The number of phosphoric acid groups is 3. The van der Waals surface area contributed by atoms with E-state index >= 15 is 0 Å². The highest BCUT2D eigenvalue weighted by Crippen LogP contribution is 2.61. The molecule has 2 amide bonds. The smallest absolute Gasteiger partial charge is 0.393 e. The van der Waals surface area contributed by atoms with Crippen LogP contribution in [0.25, 0.3) is 11.2 Å². The van der Waals surface area contributed by atoms with Crippen molar-refractivity contribution in [1.29, 1.82) is 0 Å². The molecule has 0 saturated carbocycles. The molecule has 3 rings (SSSR count). The van der Waals surface area contributed by atoms with Crippen LogP contribution < -0.4 is 16.4 Å². The predicted molar refractivity (Wildman–Crippen MR) is 275 cm³/mol. The minimum absolute atomic E-state index is 0.00469. The number of fused-ring (bicyclic) bond motifs is 1. The Morgan fingerprint density at radius 3 is 2.12 bits per heavy atom. The molecular weight excluding hydrogens is 1050 g/mol. The van der Waals surface area contributed by atoms with Gasteiger partial charge in [0.2, 0.25) is 11.8 Å². The number of thioether (sulfide) groups is 1. The highest BCUT2D eigenvalue weighted by atomic mass is 32.2. The monoisotopic (exact) mass is 1120 g/mol. The Kier molecular flexibility index (Phi) is 28.5. The number of anilines is 1. The maximum Gasteiger partial charge on any atom is 0.481 e. The van der Waals surface area contributed by atoms with Crippen LogP contribution in [0.2, 0.25) is 0 Å². The summed E-state index contributed by atoms with van der Waals surface area (Å²) in [5, 5.41) is 36.6. The number of nitrogen functional groups attached to an aromatic ring is 1. The maximum absolute atomic E-state index is 12.8. The number of aliphatic hydroxyl groups is 3. The first-order valence-corrected chi connectivity index (χ1v) is 29.4. The van der Waals surface area contributed by atoms with Crippen LogP contribution in [0, 0.1) is 5.41 Å². The standard InChI is InChI=1S/C45H72N7O18P3S/c1-4-5-6-7-8-9-10-11-12-13-14-15-16-17-18-19-20-21-22-23-33(53)28-36(55)74-27-26-47-35(54)24-25-48-43(58)40(57)45(2,3)30-67-73(64,65)70-72(62,63)66-29-34-39(69-71(59,60)61)38(56)44(68-34)52-32-51-37-41(46)49-31-50-42(37)52/h5-6,8-9,11-12,14-15,17-18,31-34,38-40,44,53,56-57H,4,7,10,13,16,19-30H2,1-3H3,(H,47,54)(H,48,58)(H,62,63)(H,64,65)(H2,46,49,50)(H2,59,60,61)/b6-5-,9-8-,12-11-,15-14-,18-17-/t33-,34-,38+,39+,40-,44-/m0/s1. The molecule has 8 atom stereocenters. The number of unbranched alkanes of at least 4 members (excludes halogenated alkanes) is 3. The third-order valence-corrected chi connectivity index (χ3v) is 14.7. The number of carbonyl (C=O) groups is 3. The summed E-state index contributed by atoms with van der Waals surface area (Å²) in [5.41, 5.74) is 4.25. The molecule has 1 aliphatic rings. The number of nitrogens with two attached hydrogens (primary N) is 1. The molecule has 74 heavy (non-hydrogen) atoms. The number of amides is 2. The second-order valence-corrected chi connectivity index (χ2v) is 22.9. The molecule has 0 spiro atoms. The molecule has 3 heterocycles. The van der Waals surface area contributed by atoms with Crippen molar-refractivity contribution < 1.29 is 85.6 Å². The number of aromatic nitrogens is 4. The fourth-order valence-electron chi connectivity index (χ4n) is 6.84. The van der Waals surface area contributed by atoms with Gasteiger partial charge in [0, 0.05) is 37.1 Å². The van der Waals surface area contributed by atoms with Crippen molar-refractivity contribution in [3.63, 3.8) is 0 Å². The quantitative estimate of drug-likeness (QED) is 0.0240. The average Bonchev–Trinajstić information content (AvgIpc) is 3.89. The largest absolute Gasteiger partial charge is 0.481 e. The van der Waals surface area contributed by atoms with Crippen molar-refractivity contribution in [2.45, 2.75) is 135 Å². The van der Waals surface area contributed by atoms with Crippen LogP contribution in [-0.4, -0.2) is 134 Å². The Labute approximate surface area is 434 Å². The van der Waals surface area contributed by atoms with Gasteiger partial charge in [-0.3, -0.25) is 32.5 Å². The van der Waals surface area contributed by atoms with Crippen LogP contribution in [0.15, 0.2) is 73.4 Å². The zero-order chi connectivity index (χ0) is 54.8. The number of allylic oxidation sites excluding steroid dienone is 10. The molecule has 1 saturated heterocycles. The number of ether oxygens (including phenoxy) is 1. The summed E-state index contributed by atoms with van der Waals surface area (Å²) in [6.45, 7) is 2.48. The predicted octanol–water partition coefficient (Wildman–Crippen LogP) is 5.12. The molecule has 29 heteroatoms. The Hall–Kier alpha value is -3.78. The van der Waals surface area contributed by atoms with Gasteiger partial charge in [-0.1, -0.05) is 106 Å². The van der Waals surface area contributed by atoms with Crippen LogP contribution >= 0.6 is 35.2 Å². The minimum Gasteiger partial charge on any atom is -0.393 e. The van der Waals surface area contributed by atoms with Gasteiger partial charge in [-0.25, -0.2) is 28.6 Å². The van der Waals surface area contributed by atoms with Gasteiger partial charge in [0.15, 0.2) is 22.8 Å². The van der Waals surface area contributed by atoms with Crippen molar-refractivity contribution >= 4 is 69.1 Å². The summed E-state index contributed by atoms with van der Waals surface area (Å²) in [7, 11) is -16.5. The number of phosphoric ester groups is 3. The third-order valence-electron chi connectivity index (χ3n) is 10.7. The van der Waals surface area contributed by atoms with Crippen molar-refractivity contribution in [1.82, 2.24) is 30.2 Å². The van der Waals surface area contributed by atoms with E-state index in [2.05, 4.69) is 102 Å². The lowest BCUT2D eigenvalue weighted by atomic mass is 9.87. The molecule has 11 N–H and O–H groups in total. The molecule has 2 aromatic rings. The van der Waals surface area contributed by atoms with E-state index in [0.717, 1.165) is 86.8 Å². The highest BCUT2D eigenvalue weighted by molar-refractivity contribution is 8.13. The summed E-state index contributed by atoms with van der Waals surface area (Å²) in [5.74, 6) is -1.26. The van der Waals surface area contributed by atoms with Gasteiger partial charge >= 0.3 is 23.5 Å². The van der Waals surface area contributed by atoms with Crippen LogP contribution in [0.3, 0.4) is 0 Å². The zero-order valence-electron chi connectivity index (χ0n) is 41.7. The van der Waals surface area contributed by atoms with Crippen LogP contribution in [0.5, 0.6) is 0 Å². The number of imidazole rings is 1. The number of rotatable bonds is 36. The lowest BCUT2D eigenvalue weighted by Gasteiger charge is -2.30. The Balaban J connectivity index is 1.27. The lowest BCUT2D eigenvalue weighted by molar-refractivity contribution is -0.137. The minimum atomic E-state index is -5.59. The van der Waals surface area contributed by atoms with Gasteiger partial charge in [0.25, 0.3) is 0 Å². The van der Waals surface area contributed by atoms with Crippen LogP contribution in [-0.2, 0) is 50.7 Å². The third kappa shape index (κ3) is 24.9. The highest BCUT2D eigenvalue weighted by Gasteiger charge is 2.50. The van der Waals surface area contributed by atoms with Crippen molar-refractivity contribution in [2.75, 3.05) is 37.8 Å². The number of nitrogens with one attached hydrogen (secondary N) is 2. The van der Waals surface area contributed by atoms with Gasteiger partial charge in [0.05, 0.1) is 25.6 Å². The van der Waals surface area contributed by atoms with Crippen LogP contribution in [0.4, 0.5) is 5.82 Å². The molecule has 1 aliphatic heterocycles. The SMILES string of the molecule is CC/C=C\C/C=C\C/C=C\C/C=C\C/C=C\CCCCC[C@H](O)CC(=O)SCCNC(=O)CCNC(=O)[C@H](O)C(C)(C)COP(=O)(O)OP(=O)(O)OC[C@@H]1O[C@H](n2cnc3c(N)ncnc32)[C@H](O)[C@@H]1OP(=O)(O)O. The van der Waals surface area contributed by atoms with Crippen molar-refractivity contribution in [3.8, 4) is 0 Å². The van der Waals surface area contributed by atoms with Crippen LogP contribution in [0.1, 0.15) is 104 Å². The van der Waals surface area contributed by atoms with E-state index in [9.17, 15) is 63.0 Å². The molecule has 0 aliphatic carbocycles. The topological polar surface area (TPSA) is 384 Å². The second-order valence-electron chi connectivity index (χ2n) is 17.5. The van der Waals surface area contributed by atoms with Gasteiger partial charge in [-0.05, 0) is 51.4 Å². The first-order valence-electron chi connectivity index (χ1n) is 23.9. The first kappa shape index (κ1) is 64.5. The summed E-state index contributed by atoms with van der Waals surface area (Å²) in [4.78, 5) is 88.6. The molecule has 2 aromatic heterocycles. The molecule has 0 radical (unpaired) electrons. The zero-order valence-corrected chi connectivity index (χ0v) is 45.2. The van der Waals surface area contributed by atoms with Crippen molar-refractivity contribution in [2.24, 2.45) is 5.41 Å². The van der Waals surface area contributed by atoms with E-state index in [4.69, 9.17) is 19.5 Å². The Bertz CT molecular complexity index is 2380. The lowest BCUT2D eigenvalue weighted by Crippen LogP contribution is -2.46. The maximum atomic E-state index is 12.8. The van der Waals surface area contributed by atoms with E-state index in [1.807, 2.05) is 0 Å². The number of aliphatic hydroxyl groups excluding tert-OH is 3. The Morgan fingerprint density at radius 2 is 1.49 bits per heavy atom. The summed E-state index contributed by atoms with van der Waals surface area (Å²) in [6.07, 6.45) is 22.8. The molecule has 0 bridgehead atoms. The summed E-state index contributed by atoms with van der Waals surface area (Å²) < 4.78 is 62.5. The normalized spacial score (nSPS) is 20.3. The second kappa shape index (κ2) is 32.7. The fourth-order valence-corrected chi connectivity index (χ4v) is 10.4.